The Labute approximate surface area is 232 Å². The van der Waals surface area contributed by atoms with E-state index in [-0.39, 0.29) is 24.8 Å². The summed E-state index contributed by atoms with van der Waals surface area (Å²) in [6.07, 6.45) is 0. The number of rotatable bonds is 10. The molecule has 1 amide bonds. The van der Waals surface area contributed by atoms with Gasteiger partial charge >= 0.3 is 5.97 Å². The average molecular weight is 538 g/mol. The monoisotopic (exact) mass is 537 g/mol. The molecule has 0 unspecified atom stereocenters. The Morgan fingerprint density at radius 3 is 2.23 bits per heavy atom. The number of amides is 1. The highest BCUT2D eigenvalue weighted by Crippen LogP contribution is 2.35. The van der Waals surface area contributed by atoms with Gasteiger partial charge in [-0.05, 0) is 42.8 Å². The van der Waals surface area contributed by atoms with Gasteiger partial charge < -0.3 is 14.4 Å². The number of esters is 1. The Bertz CT molecular complexity index is 1470. The normalized spacial score (nSPS) is 10.4. The number of methoxy groups -OCH3 is 1. The molecule has 39 heavy (non-hydrogen) atoms. The van der Waals surface area contributed by atoms with E-state index in [0.717, 1.165) is 11.1 Å². The molecule has 4 aromatic rings. The second-order valence-corrected chi connectivity index (χ2v) is 9.31. The smallest absolute Gasteiger partial charge is 0.326 e. The molecule has 0 N–H and O–H groups in total. The Hall–Kier alpha value is -4.61. The number of carbonyl (C=O) groups is 2. The van der Waals surface area contributed by atoms with Gasteiger partial charge in [-0.2, -0.15) is 5.26 Å². The Morgan fingerprint density at radius 1 is 0.949 bits per heavy atom. The number of anilines is 1. The molecule has 1 heterocycles. The van der Waals surface area contributed by atoms with E-state index in [4.69, 9.17) is 14.5 Å². The number of aromatic nitrogens is 1. The molecule has 7 nitrogen and oxygen atoms in total. The van der Waals surface area contributed by atoms with Crippen LogP contribution in [0.2, 0.25) is 0 Å². The van der Waals surface area contributed by atoms with Crippen molar-refractivity contribution in [2.75, 3.05) is 30.9 Å². The standard InChI is InChI=1S/C31H27N3O4S/c1-3-38-30(36)20-34(24-12-8-5-9-13-24)29(35)21-39-31-27(19-32)26(22-14-16-25(37-2)17-15-22)18-28(33-31)23-10-6-4-7-11-23/h4-18H,3,20-21H2,1-2H3. The minimum atomic E-state index is -0.497. The number of hydrogen-bond donors (Lipinski definition) is 0. The van der Waals surface area contributed by atoms with Gasteiger partial charge in [0.15, 0.2) is 0 Å². The van der Waals surface area contributed by atoms with Crippen molar-refractivity contribution in [3.63, 3.8) is 0 Å². The van der Waals surface area contributed by atoms with Crippen molar-refractivity contribution in [1.29, 1.82) is 5.26 Å². The fourth-order valence-corrected chi connectivity index (χ4v) is 4.84. The van der Waals surface area contributed by atoms with Gasteiger partial charge in [-0.1, -0.05) is 72.4 Å². The summed E-state index contributed by atoms with van der Waals surface area (Å²) in [5.41, 5.74) is 4.06. The fourth-order valence-electron chi connectivity index (χ4n) is 3.96. The molecule has 4 rings (SSSR count). The van der Waals surface area contributed by atoms with Gasteiger partial charge in [0.25, 0.3) is 0 Å². The van der Waals surface area contributed by atoms with E-state index in [9.17, 15) is 14.9 Å². The minimum Gasteiger partial charge on any atom is -0.497 e. The van der Waals surface area contributed by atoms with E-state index < -0.39 is 5.97 Å². The van der Waals surface area contributed by atoms with Crippen LogP contribution in [0, 0.1) is 11.3 Å². The first kappa shape index (κ1) is 27.4. The van der Waals surface area contributed by atoms with Crippen molar-refractivity contribution in [3.05, 3.63) is 96.6 Å². The van der Waals surface area contributed by atoms with Crippen LogP contribution in [0.15, 0.2) is 96.0 Å². The molecule has 0 saturated carbocycles. The van der Waals surface area contributed by atoms with Crippen LogP contribution in [-0.4, -0.2) is 42.9 Å². The lowest BCUT2D eigenvalue weighted by Crippen LogP contribution is -2.37. The number of thioether (sulfide) groups is 1. The minimum absolute atomic E-state index is 0.0315. The molecule has 0 saturated heterocycles. The predicted molar refractivity (Wildman–Crippen MR) is 153 cm³/mol. The second-order valence-electron chi connectivity index (χ2n) is 8.35. The lowest BCUT2D eigenvalue weighted by Gasteiger charge is -2.22. The number of ether oxygens (including phenoxy) is 2. The molecular formula is C31H27N3O4S. The third-order valence-electron chi connectivity index (χ3n) is 5.86. The number of para-hydroxylation sites is 1. The number of nitriles is 1. The lowest BCUT2D eigenvalue weighted by atomic mass is 9.99. The maximum absolute atomic E-state index is 13.4. The van der Waals surface area contributed by atoms with Crippen LogP contribution in [0.1, 0.15) is 12.5 Å². The van der Waals surface area contributed by atoms with Crippen molar-refractivity contribution < 1.29 is 19.1 Å². The van der Waals surface area contributed by atoms with E-state index in [1.165, 1.54) is 16.7 Å². The van der Waals surface area contributed by atoms with Crippen molar-refractivity contribution >= 4 is 29.3 Å². The Balaban J connectivity index is 1.70. The third kappa shape index (κ3) is 6.83. The summed E-state index contributed by atoms with van der Waals surface area (Å²) in [4.78, 5) is 31.8. The van der Waals surface area contributed by atoms with E-state index in [2.05, 4.69) is 6.07 Å². The fraction of sp³-hybridized carbons (Fsp3) is 0.161. The first-order chi connectivity index (χ1) is 19.0. The highest BCUT2D eigenvalue weighted by molar-refractivity contribution is 8.00. The average Bonchev–Trinajstić information content (AvgIpc) is 2.99. The van der Waals surface area contributed by atoms with Gasteiger partial charge in [0.1, 0.15) is 23.4 Å². The summed E-state index contributed by atoms with van der Waals surface area (Å²) in [7, 11) is 1.60. The van der Waals surface area contributed by atoms with E-state index in [1.54, 1.807) is 38.3 Å². The van der Waals surface area contributed by atoms with Crippen molar-refractivity contribution in [3.8, 4) is 34.2 Å². The topological polar surface area (TPSA) is 92.5 Å². The van der Waals surface area contributed by atoms with Crippen LogP contribution in [0.3, 0.4) is 0 Å². The molecule has 0 aliphatic carbocycles. The number of benzene rings is 3. The van der Waals surface area contributed by atoms with Gasteiger partial charge in [-0.15, -0.1) is 0 Å². The van der Waals surface area contributed by atoms with Crippen LogP contribution in [0.4, 0.5) is 5.69 Å². The summed E-state index contributed by atoms with van der Waals surface area (Å²) in [6, 6.07) is 30.3. The van der Waals surface area contributed by atoms with E-state index >= 15 is 0 Å². The quantitative estimate of drug-likeness (QED) is 0.181. The number of pyridine rings is 1. The Kier molecular flexibility index (Phi) is 9.33. The van der Waals surface area contributed by atoms with Crippen LogP contribution < -0.4 is 9.64 Å². The summed E-state index contributed by atoms with van der Waals surface area (Å²) in [5.74, 6) is -0.127. The zero-order valence-corrected chi connectivity index (χ0v) is 22.5. The SMILES string of the molecule is CCOC(=O)CN(C(=O)CSc1nc(-c2ccccc2)cc(-c2ccc(OC)cc2)c1C#N)c1ccccc1. The lowest BCUT2D eigenvalue weighted by molar-refractivity contribution is -0.142. The first-order valence-corrected chi connectivity index (χ1v) is 13.3. The second kappa shape index (κ2) is 13.3. The van der Waals surface area contributed by atoms with Crippen molar-refractivity contribution in [1.82, 2.24) is 4.98 Å². The maximum Gasteiger partial charge on any atom is 0.326 e. The molecule has 3 aromatic carbocycles. The Morgan fingerprint density at radius 2 is 1.62 bits per heavy atom. The molecule has 8 heteroatoms. The van der Waals surface area contributed by atoms with E-state index in [1.807, 2.05) is 66.7 Å². The zero-order chi connectivity index (χ0) is 27.6. The molecular weight excluding hydrogens is 510 g/mol. The maximum atomic E-state index is 13.4. The number of carbonyl (C=O) groups excluding carboxylic acids is 2. The molecule has 0 bridgehead atoms. The van der Waals surface area contributed by atoms with E-state index in [0.29, 0.717) is 33.3 Å². The summed E-state index contributed by atoms with van der Waals surface area (Å²) in [5, 5.41) is 10.6. The van der Waals surface area contributed by atoms with Gasteiger partial charge in [-0.3, -0.25) is 9.59 Å². The van der Waals surface area contributed by atoms with Crippen molar-refractivity contribution in [2.24, 2.45) is 0 Å². The van der Waals surface area contributed by atoms with Gasteiger partial charge in [0.05, 0.1) is 30.7 Å². The van der Waals surface area contributed by atoms with Crippen LogP contribution in [0.25, 0.3) is 22.4 Å². The summed E-state index contributed by atoms with van der Waals surface area (Å²) in [6.45, 7) is 1.73. The summed E-state index contributed by atoms with van der Waals surface area (Å²) >= 11 is 1.17. The third-order valence-corrected chi connectivity index (χ3v) is 6.82. The van der Waals surface area contributed by atoms with Crippen LogP contribution in [0.5, 0.6) is 5.75 Å². The van der Waals surface area contributed by atoms with Crippen molar-refractivity contribution in [2.45, 2.75) is 11.9 Å². The van der Waals surface area contributed by atoms with Gasteiger partial charge in [0, 0.05) is 16.8 Å². The van der Waals surface area contributed by atoms with Crippen LogP contribution in [-0.2, 0) is 14.3 Å². The molecule has 196 valence electrons. The van der Waals surface area contributed by atoms with Gasteiger partial charge in [-0.25, -0.2) is 4.98 Å². The largest absolute Gasteiger partial charge is 0.497 e. The highest BCUT2D eigenvalue weighted by atomic mass is 32.2. The zero-order valence-electron chi connectivity index (χ0n) is 21.7. The highest BCUT2D eigenvalue weighted by Gasteiger charge is 2.22. The number of nitrogens with zero attached hydrogens (tertiary/aromatic N) is 3. The number of hydrogen-bond acceptors (Lipinski definition) is 7. The molecule has 0 aliphatic heterocycles. The summed E-state index contributed by atoms with van der Waals surface area (Å²) < 4.78 is 10.4. The molecule has 0 fully saturated rings. The molecule has 0 radical (unpaired) electrons. The first-order valence-electron chi connectivity index (χ1n) is 12.3. The molecule has 0 spiro atoms. The van der Waals surface area contributed by atoms with Gasteiger partial charge in [0.2, 0.25) is 5.91 Å². The predicted octanol–water partition coefficient (Wildman–Crippen LogP) is 5.98. The van der Waals surface area contributed by atoms with Crippen LogP contribution >= 0.6 is 11.8 Å². The molecule has 0 atom stereocenters. The molecule has 0 aliphatic rings. The molecule has 1 aromatic heterocycles.